The van der Waals surface area contributed by atoms with Gasteiger partial charge in [0.1, 0.15) is 17.6 Å². The van der Waals surface area contributed by atoms with Crippen molar-refractivity contribution in [3.8, 4) is 5.75 Å². The van der Waals surface area contributed by atoms with Crippen LogP contribution in [0.25, 0.3) is 0 Å². The third-order valence-electron chi connectivity index (χ3n) is 2.85. The number of ether oxygens (including phenoxy) is 1. The number of carboxylic acid groups (broad SMARTS) is 1. The Kier molecular flexibility index (Phi) is 4.08. The average molecular weight is 271 g/mol. The number of rotatable bonds is 3. The second-order valence-corrected chi connectivity index (χ2v) is 5.08. The van der Waals surface area contributed by atoms with Crippen molar-refractivity contribution in [1.82, 2.24) is 5.32 Å². The summed E-state index contributed by atoms with van der Waals surface area (Å²) in [5.74, 6) is 0.268. The lowest BCUT2D eigenvalue weighted by molar-refractivity contribution is -0.139. The summed E-state index contributed by atoms with van der Waals surface area (Å²) >= 11 is 1.50. The molecule has 2 atom stereocenters. The molecule has 0 radical (unpaired) electrons. The van der Waals surface area contributed by atoms with Crippen LogP contribution in [0.2, 0.25) is 0 Å². The van der Waals surface area contributed by atoms with Gasteiger partial charge in [0.05, 0.1) is 7.11 Å². The van der Waals surface area contributed by atoms with Gasteiger partial charge in [0.25, 0.3) is 0 Å². The van der Waals surface area contributed by atoms with Crippen molar-refractivity contribution in [2.24, 2.45) is 0 Å². The highest BCUT2D eigenvalue weighted by Crippen LogP contribution is 2.32. The summed E-state index contributed by atoms with van der Waals surface area (Å²) in [6, 6.07) is 3.60. The largest absolute Gasteiger partial charge is 0.496 e. The molecule has 18 heavy (non-hydrogen) atoms. The first-order chi connectivity index (χ1) is 8.63. The number of benzene rings is 1. The van der Waals surface area contributed by atoms with E-state index < -0.39 is 12.0 Å². The molecule has 0 aromatic heterocycles. The van der Waals surface area contributed by atoms with E-state index in [1.54, 1.807) is 12.1 Å². The summed E-state index contributed by atoms with van der Waals surface area (Å²) in [5.41, 5.74) is 0.401. The maximum absolute atomic E-state index is 13.9. The number of carboxylic acids is 1. The molecule has 1 aromatic rings. The molecule has 0 aliphatic carbocycles. The molecule has 1 aliphatic rings. The predicted octanol–water partition coefficient (Wildman–Crippen LogP) is 1.66. The van der Waals surface area contributed by atoms with Crippen molar-refractivity contribution in [3.63, 3.8) is 0 Å². The molecule has 0 saturated carbocycles. The van der Waals surface area contributed by atoms with Crippen LogP contribution in [0, 0.1) is 5.82 Å². The number of nitrogens with one attached hydrogen (secondary N) is 1. The topological polar surface area (TPSA) is 58.6 Å². The van der Waals surface area contributed by atoms with Crippen molar-refractivity contribution < 1.29 is 19.0 Å². The Hall–Kier alpha value is -1.27. The van der Waals surface area contributed by atoms with E-state index in [4.69, 9.17) is 9.84 Å². The van der Waals surface area contributed by atoms with Gasteiger partial charge in [0, 0.05) is 23.1 Å². The number of hydrogen-bond donors (Lipinski definition) is 2. The van der Waals surface area contributed by atoms with E-state index in [1.807, 2.05) is 0 Å². The summed E-state index contributed by atoms with van der Waals surface area (Å²) in [7, 11) is 1.48. The molecule has 98 valence electrons. The Morgan fingerprint density at radius 2 is 2.33 bits per heavy atom. The van der Waals surface area contributed by atoms with Crippen LogP contribution in [0.3, 0.4) is 0 Å². The molecule has 2 rings (SSSR count). The number of methoxy groups -OCH3 is 1. The minimum atomic E-state index is -0.914. The first-order valence-corrected chi connectivity index (χ1v) is 6.68. The summed E-state index contributed by atoms with van der Waals surface area (Å²) in [6.07, 6.45) is 0. The van der Waals surface area contributed by atoms with Crippen LogP contribution in [0.15, 0.2) is 18.2 Å². The van der Waals surface area contributed by atoms with E-state index in [1.165, 1.54) is 24.9 Å². The Balaban J connectivity index is 2.28. The Morgan fingerprint density at radius 1 is 1.56 bits per heavy atom. The molecule has 1 heterocycles. The van der Waals surface area contributed by atoms with Gasteiger partial charge >= 0.3 is 5.97 Å². The molecule has 4 nitrogen and oxygen atoms in total. The average Bonchev–Trinajstić information content (AvgIpc) is 2.38. The fraction of sp³-hybridized carbons (Fsp3) is 0.417. The summed E-state index contributed by atoms with van der Waals surface area (Å²) in [4.78, 5) is 11.0. The van der Waals surface area contributed by atoms with E-state index in [2.05, 4.69) is 5.32 Å². The van der Waals surface area contributed by atoms with Crippen molar-refractivity contribution >= 4 is 17.7 Å². The summed E-state index contributed by atoms with van der Waals surface area (Å²) in [5, 5.41) is 11.9. The highest BCUT2D eigenvalue weighted by atomic mass is 32.2. The molecule has 6 heteroatoms. The standard InChI is InChI=1S/C12H14FNO3S/c1-17-10-4-2-3-7(13)11(10)8-5-18-6-9(14-8)12(15)16/h2-4,8-9,14H,5-6H2,1H3,(H,15,16). The molecule has 1 saturated heterocycles. The fourth-order valence-electron chi connectivity index (χ4n) is 1.99. The zero-order valence-electron chi connectivity index (χ0n) is 9.85. The highest BCUT2D eigenvalue weighted by molar-refractivity contribution is 7.99. The van der Waals surface area contributed by atoms with Gasteiger partial charge in [0.2, 0.25) is 0 Å². The third kappa shape index (κ3) is 2.59. The lowest BCUT2D eigenvalue weighted by Crippen LogP contribution is -2.45. The lowest BCUT2D eigenvalue weighted by Gasteiger charge is -2.29. The van der Waals surface area contributed by atoms with Crippen molar-refractivity contribution in [2.75, 3.05) is 18.6 Å². The minimum absolute atomic E-state index is 0.346. The van der Waals surface area contributed by atoms with Gasteiger partial charge < -0.3 is 9.84 Å². The molecule has 0 bridgehead atoms. The van der Waals surface area contributed by atoms with Crippen LogP contribution in [-0.2, 0) is 4.79 Å². The lowest BCUT2D eigenvalue weighted by atomic mass is 10.0. The Morgan fingerprint density at radius 3 is 3.00 bits per heavy atom. The minimum Gasteiger partial charge on any atom is -0.496 e. The molecular weight excluding hydrogens is 257 g/mol. The zero-order chi connectivity index (χ0) is 13.1. The van der Waals surface area contributed by atoms with Crippen LogP contribution in [0.5, 0.6) is 5.75 Å². The number of carbonyl (C=O) groups is 1. The van der Waals surface area contributed by atoms with Gasteiger partial charge in [-0.1, -0.05) is 6.07 Å². The number of hydrogen-bond acceptors (Lipinski definition) is 4. The third-order valence-corrected chi connectivity index (χ3v) is 3.99. The molecule has 2 unspecified atom stereocenters. The van der Waals surface area contributed by atoms with Crippen LogP contribution in [-0.4, -0.2) is 35.7 Å². The first kappa shape index (κ1) is 13.2. The van der Waals surface area contributed by atoms with Crippen molar-refractivity contribution in [2.45, 2.75) is 12.1 Å². The maximum atomic E-state index is 13.9. The SMILES string of the molecule is COc1cccc(F)c1C1CSCC(C(=O)O)N1. The van der Waals surface area contributed by atoms with Crippen LogP contribution >= 0.6 is 11.8 Å². The van der Waals surface area contributed by atoms with Gasteiger partial charge in [-0.2, -0.15) is 11.8 Å². The molecular formula is C12H14FNO3S. The van der Waals surface area contributed by atoms with Crippen LogP contribution < -0.4 is 10.1 Å². The second-order valence-electron chi connectivity index (χ2n) is 4.00. The van der Waals surface area contributed by atoms with Gasteiger partial charge in [-0.15, -0.1) is 0 Å². The Labute approximate surface area is 109 Å². The zero-order valence-corrected chi connectivity index (χ0v) is 10.7. The highest BCUT2D eigenvalue weighted by Gasteiger charge is 2.30. The maximum Gasteiger partial charge on any atom is 0.321 e. The van der Waals surface area contributed by atoms with Crippen LogP contribution in [0.1, 0.15) is 11.6 Å². The van der Waals surface area contributed by atoms with E-state index in [-0.39, 0.29) is 11.9 Å². The molecule has 1 aliphatic heterocycles. The number of aliphatic carboxylic acids is 1. The summed E-state index contributed by atoms with van der Waals surface area (Å²) < 4.78 is 19.0. The normalized spacial score (nSPS) is 23.7. The number of halogens is 1. The van der Waals surface area contributed by atoms with E-state index in [9.17, 15) is 9.18 Å². The quantitative estimate of drug-likeness (QED) is 0.875. The number of thioether (sulfide) groups is 1. The van der Waals surface area contributed by atoms with Gasteiger partial charge in [-0.25, -0.2) is 4.39 Å². The summed E-state index contributed by atoms with van der Waals surface area (Å²) in [6.45, 7) is 0. The molecule has 2 N–H and O–H groups in total. The van der Waals surface area contributed by atoms with Crippen molar-refractivity contribution in [3.05, 3.63) is 29.6 Å². The fourth-order valence-corrected chi connectivity index (χ4v) is 3.09. The van der Waals surface area contributed by atoms with Crippen LogP contribution in [0.4, 0.5) is 4.39 Å². The van der Waals surface area contributed by atoms with Crippen molar-refractivity contribution in [1.29, 1.82) is 0 Å². The van der Waals surface area contributed by atoms with E-state index in [0.717, 1.165) is 0 Å². The smallest absolute Gasteiger partial charge is 0.321 e. The second kappa shape index (κ2) is 5.58. The molecule has 1 fully saturated rings. The van der Waals surface area contributed by atoms with E-state index in [0.29, 0.717) is 22.8 Å². The van der Waals surface area contributed by atoms with E-state index >= 15 is 0 Å². The first-order valence-electron chi connectivity index (χ1n) is 5.52. The Bertz CT molecular complexity index is 455. The molecule has 0 amide bonds. The van der Waals surface area contributed by atoms with Gasteiger partial charge in [-0.3, -0.25) is 10.1 Å². The van der Waals surface area contributed by atoms with Gasteiger partial charge in [-0.05, 0) is 12.1 Å². The molecule has 1 aromatic carbocycles. The predicted molar refractivity (Wildman–Crippen MR) is 67.6 cm³/mol. The van der Waals surface area contributed by atoms with Gasteiger partial charge in [0.15, 0.2) is 0 Å². The monoisotopic (exact) mass is 271 g/mol. The molecule has 0 spiro atoms.